The average Bonchev–Trinajstić information content (AvgIpc) is 2.80. The lowest BCUT2D eigenvalue weighted by Gasteiger charge is -2.14. The van der Waals surface area contributed by atoms with Crippen molar-refractivity contribution in [1.29, 1.82) is 0 Å². The van der Waals surface area contributed by atoms with Gasteiger partial charge in [0, 0.05) is 0 Å². The third kappa shape index (κ3) is 2.54. The first kappa shape index (κ1) is 9.67. The van der Waals surface area contributed by atoms with E-state index in [1.807, 2.05) is 24.3 Å². The minimum atomic E-state index is 0.378. The Morgan fingerprint density at radius 2 is 2.00 bits per heavy atom. The number of nitrogens with one attached hydrogen (secondary N) is 1. The Kier molecular flexibility index (Phi) is 2.94. The quantitative estimate of drug-likeness (QED) is 0.806. The molecule has 1 aliphatic heterocycles. The Morgan fingerprint density at radius 1 is 1.27 bits per heavy atom. The molecule has 0 fully saturated rings. The van der Waals surface area contributed by atoms with Crippen LogP contribution < -0.4 is 15.1 Å². The van der Waals surface area contributed by atoms with Crippen LogP contribution in [0.3, 0.4) is 0 Å². The number of methoxy groups -OCH3 is 1. The molecule has 5 nitrogen and oxygen atoms in total. The molecule has 0 radical (unpaired) electrons. The normalized spacial score (nSPS) is 13.8. The van der Waals surface area contributed by atoms with E-state index in [-0.39, 0.29) is 0 Å². The van der Waals surface area contributed by atoms with Gasteiger partial charge in [-0.05, 0) is 24.3 Å². The largest absolute Gasteiger partial charge is 0.497 e. The van der Waals surface area contributed by atoms with Gasteiger partial charge in [-0.15, -0.1) is 0 Å². The van der Waals surface area contributed by atoms with Gasteiger partial charge in [0.25, 0.3) is 0 Å². The average molecular weight is 208 g/mol. The molecular formula is C10H12N2O3. The molecule has 0 saturated heterocycles. The highest BCUT2D eigenvalue weighted by Crippen LogP contribution is 2.17. The zero-order chi connectivity index (χ0) is 10.5. The van der Waals surface area contributed by atoms with E-state index in [1.165, 1.54) is 6.26 Å². The van der Waals surface area contributed by atoms with Crippen molar-refractivity contribution in [3.8, 4) is 11.5 Å². The Morgan fingerprint density at radius 3 is 2.60 bits per heavy atom. The Bertz CT molecular complexity index is 337. The molecule has 0 aromatic heterocycles. The summed E-state index contributed by atoms with van der Waals surface area (Å²) in [7, 11) is 1.63. The maximum absolute atomic E-state index is 5.47. The lowest BCUT2D eigenvalue weighted by atomic mass is 10.3. The lowest BCUT2D eigenvalue weighted by molar-refractivity contribution is -0.00367. The van der Waals surface area contributed by atoms with Crippen LogP contribution in [-0.2, 0) is 4.84 Å². The standard InChI is InChI=1S/C10H12N2O3/c1-13-9-2-4-10(5-3-9)14-8-12-6-7-15-11-12/h2-7,11H,8H2,1H3. The number of rotatable bonds is 4. The Hall–Kier alpha value is -1.88. The van der Waals surface area contributed by atoms with Gasteiger partial charge in [-0.3, -0.25) is 0 Å². The summed E-state index contributed by atoms with van der Waals surface area (Å²) in [5.41, 5.74) is 2.62. The van der Waals surface area contributed by atoms with Crippen LogP contribution in [0, 0.1) is 0 Å². The second-order valence-electron chi connectivity index (χ2n) is 2.91. The predicted octanol–water partition coefficient (Wildman–Crippen LogP) is 1.25. The third-order valence-electron chi connectivity index (χ3n) is 1.91. The molecule has 0 aliphatic carbocycles. The highest BCUT2D eigenvalue weighted by Gasteiger charge is 2.04. The van der Waals surface area contributed by atoms with E-state index in [0.29, 0.717) is 6.73 Å². The molecule has 2 rings (SSSR count). The minimum absolute atomic E-state index is 0.378. The summed E-state index contributed by atoms with van der Waals surface area (Å²) in [5.74, 6) is 1.59. The van der Waals surface area contributed by atoms with Gasteiger partial charge in [0.2, 0.25) is 0 Å². The van der Waals surface area contributed by atoms with Gasteiger partial charge >= 0.3 is 0 Å². The molecule has 1 aliphatic rings. The van der Waals surface area contributed by atoms with Crippen molar-refractivity contribution in [3.63, 3.8) is 0 Å². The first-order valence-corrected chi connectivity index (χ1v) is 4.50. The van der Waals surface area contributed by atoms with Crippen molar-refractivity contribution in [2.24, 2.45) is 0 Å². The maximum atomic E-state index is 5.47. The van der Waals surface area contributed by atoms with Crippen molar-refractivity contribution in [1.82, 2.24) is 10.6 Å². The second kappa shape index (κ2) is 4.56. The number of ether oxygens (including phenoxy) is 2. The molecule has 15 heavy (non-hydrogen) atoms. The Balaban J connectivity index is 1.85. The fourth-order valence-electron chi connectivity index (χ4n) is 1.12. The monoisotopic (exact) mass is 208 g/mol. The Labute approximate surface area is 87.8 Å². The van der Waals surface area contributed by atoms with E-state index in [4.69, 9.17) is 14.3 Å². The topological polar surface area (TPSA) is 43.0 Å². The van der Waals surface area contributed by atoms with Crippen LogP contribution in [0.5, 0.6) is 11.5 Å². The van der Waals surface area contributed by atoms with E-state index >= 15 is 0 Å². The van der Waals surface area contributed by atoms with Gasteiger partial charge in [-0.25, -0.2) is 5.01 Å². The molecule has 0 spiro atoms. The molecule has 1 heterocycles. The third-order valence-corrected chi connectivity index (χ3v) is 1.91. The molecule has 0 bridgehead atoms. The van der Waals surface area contributed by atoms with E-state index in [2.05, 4.69) is 5.59 Å². The van der Waals surface area contributed by atoms with Crippen LogP contribution in [0.15, 0.2) is 36.7 Å². The van der Waals surface area contributed by atoms with Gasteiger partial charge in [0.05, 0.1) is 13.3 Å². The van der Waals surface area contributed by atoms with E-state index in [0.717, 1.165) is 11.5 Å². The number of nitrogens with zero attached hydrogens (tertiary/aromatic N) is 1. The highest BCUT2D eigenvalue weighted by atomic mass is 16.7. The van der Waals surface area contributed by atoms with E-state index in [9.17, 15) is 0 Å². The zero-order valence-electron chi connectivity index (χ0n) is 8.34. The van der Waals surface area contributed by atoms with Crippen molar-refractivity contribution in [2.75, 3.05) is 13.8 Å². The molecule has 1 aromatic carbocycles. The SMILES string of the molecule is COc1ccc(OCN2C=CON2)cc1. The highest BCUT2D eigenvalue weighted by molar-refractivity contribution is 5.31. The maximum Gasteiger partial charge on any atom is 0.177 e. The summed E-state index contributed by atoms with van der Waals surface area (Å²) in [4.78, 5) is 4.78. The predicted molar refractivity (Wildman–Crippen MR) is 53.7 cm³/mol. The van der Waals surface area contributed by atoms with Crippen LogP contribution in [0.2, 0.25) is 0 Å². The summed E-state index contributed by atoms with van der Waals surface area (Å²) >= 11 is 0. The zero-order valence-corrected chi connectivity index (χ0v) is 8.34. The minimum Gasteiger partial charge on any atom is -0.497 e. The number of hydrazine groups is 1. The molecular weight excluding hydrogens is 196 g/mol. The van der Waals surface area contributed by atoms with Crippen LogP contribution in [0.1, 0.15) is 0 Å². The summed E-state index contributed by atoms with van der Waals surface area (Å²) in [6, 6.07) is 7.39. The number of hydrogen-bond donors (Lipinski definition) is 1. The fraction of sp³-hybridized carbons (Fsp3) is 0.200. The lowest BCUT2D eigenvalue weighted by Crippen LogP contribution is -2.31. The van der Waals surface area contributed by atoms with Gasteiger partial charge in [0.1, 0.15) is 17.8 Å². The van der Waals surface area contributed by atoms with E-state index in [1.54, 1.807) is 18.3 Å². The molecule has 5 heteroatoms. The van der Waals surface area contributed by atoms with Crippen molar-refractivity contribution >= 4 is 0 Å². The fourth-order valence-corrected chi connectivity index (χ4v) is 1.12. The van der Waals surface area contributed by atoms with Crippen molar-refractivity contribution in [2.45, 2.75) is 0 Å². The van der Waals surface area contributed by atoms with Gasteiger partial charge in [-0.2, -0.15) is 0 Å². The molecule has 80 valence electrons. The molecule has 0 saturated carbocycles. The first-order valence-electron chi connectivity index (χ1n) is 4.50. The van der Waals surface area contributed by atoms with Crippen LogP contribution in [0.25, 0.3) is 0 Å². The van der Waals surface area contributed by atoms with Crippen LogP contribution in [0.4, 0.5) is 0 Å². The van der Waals surface area contributed by atoms with Crippen molar-refractivity contribution in [3.05, 3.63) is 36.7 Å². The molecule has 0 unspecified atom stereocenters. The molecule has 1 N–H and O–H groups in total. The number of hydrogen-bond acceptors (Lipinski definition) is 5. The van der Waals surface area contributed by atoms with E-state index < -0.39 is 0 Å². The van der Waals surface area contributed by atoms with Crippen LogP contribution in [-0.4, -0.2) is 18.8 Å². The van der Waals surface area contributed by atoms with Crippen molar-refractivity contribution < 1.29 is 14.3 Å². The first-order chi connectivity index (χ1) is 7.38. The molecule has 0 amide bonds. The van der Waals surface area contributed by atoms with Gasteiger partial charge in [0.15, 0.2) is 6.73 Å². The van der Waals surface area contributed by atoms with Gasteiger partial charge in [-0.1, -0.05) is 5.59 Å². The summed E-state index contributed by atoms with van der Waals surface area (Å²) in [5, 5.41) is 1.67. The summed E-state index contributed by atoms with van der Waals surface area (Å²) in [6.45, 7) is 0.378. The smallest absolute Gasteiger partial charge is 0.177 e. The summed E-state index contributed by atoms with van der Waals surface area (Å²) in [6.07, 6.45) is 3.28. The second-order valence-corrected chi connectivity index (χ2v) is 2.91. The molecule has 0 atom stereocenters. The van der Waals surface area contributed by atoms with Crippen LogP contribution >= 0.6 is 0 Å². The molecule has 1 aromatic rings. The van der Waals surface area contributed by atoms with Gasteiger partial charge < -0.3 is 14.3 Å². The number of benzene rings is 1. The summed E-state index contributed by atoms with van der Waals surface area (Å²) < 4.78 is 10.5.